The first-order valence-electron chi connectivity index (χ1n) is 16.3. The van der Waals surface area contributed by atoms with Gasteiger partial charge in [-0.2, -0.15) is 0 Å². The fraction of sp³-hybridized carbons (Fsp3) is 0. The number of fused-ring (bicyclic) bond motifs is 2. The Balaban J connectivity index is 1.04. The van der Waals surface area contributed by atoms with E-state index in [9.17, 15) is 9.59 Å². The Kier molecular flexibility index (Phi) is 8.42. The minimum absolute atomic E-state index is 0.246. The van der Waals surface area contributed by atoms with Crippen LogP contribution in [0, 0.1) is 0 Å². The first-order valence-corrected chi connectivity index (χ1v) is 16.3. The van der Waals surface area contributed by atoms with Crippen LogP contribution in [-0.2, 0) is 4.74 Å². The van der Waals surface area contributed by atoms with E-state index in [2.05, 4.69) is 9.97 Å². The molecule has 2 aromatic heterocycles. The summed E-state index contributed by atoms with van der Waals surface area (Å²) in [6.45, 7) is 0. The summed E-state index contributed by atoms with van der Waals surface area (Å²) in [6.07, 6.45) is 10.9. The summed E-state index contributed by atoms with van der Waals surface area (Å²) in [4.78, 5) is 36.1. The van der Waals surface area contributed by atoms with Crippen molar-refractivity contribution in [2.75, 3.05) is 0 Å². The van der Waals surface area contributed by atoms with Crippen molar-refractivity contribution in [3.05, 3.63) is 180 Å². The Morgan fingerprint density at radius 3 is 1.27 bits per heavy atom. The molecular formula is C44H28N2O5. The van der Waals surface area contributed by atoms with Gasteiger partial charge in [-0.15, -0.1) is 0 Å². The van der Waals surface area contributed by atoms with Gasteiger partial charge in [0.25, 0.3) is 0 Å². The fourth-order valence-electron chi connectivity index (χ4n) is 5.98. The first kappa shape index (κ1) is 31.2. The molecule has 0 spiro atoms. The van der Waals surface area contributed by atoms with Gasteiger partial charge in [0.2, 0.25) is 11.8 Å². The monoisotopic (exact) mass is 664 g/mol. The highest BCUT2D eigenvalue weighted by atomic mass is 16.6. The summed E-state index contributed by atoms with van der Waals surface area (Å²) >= 11 is 0. The Bertz CT molecular complexity index is 2420. The molecule has 0 unspecified atom stereocenters. The third-order valence-electron chi connectivity index (χ3n) is 8.46. The van der Waals surface area contributed by atoms with Crippen LogP contribution in [0.1, 0.15) is 43.4 Å². The molecule has 0 aliphatic heterocycles. The van der Waals surface area contributed by atoms with Crippen LogP contribution in [0.3, 0.4) is 0 Å². The van der Waals surface area contributed by atoms with Gasteiger partial charge in [0, 0.05) is 11.1 Å². The van der Waals surface area contributed by atoms with Crippen molar-refractivity contribution in [3.8, 4) is 22.9 Å². The molecule has 0 saturated carbocycles. The van der Waals surface area contributed by atoms with Gasteiger partial charge in [0.05, 0.1) is 23.5 Å². The third-order valence-corrected chi connectivity index (χ3v) is 8.46. The molecular weight excluding hydrogens is 636 g/mol. The second-order valence-electron chi connectivity index (χ2n) is 11.7. The van der Waals surface area contributed by atoms with Gasteiger partial charge in [0.15, 0.2) is 0 Å². The Morgan fingerprint density at radius 1 is 0.451 bits per heavy atom. The molecule has 7 heteroatoms. The molecule has 7 nitrogen and oxygen atoms in total. The lowest BCUT2D eigenvalue weighted by molar-refractivity contribution is 0.0400. The number of hydrogen-bond donors (Lipinski definition) is 0. The molecule has 0 aliphatic rings. The molecule has 6 aromatic carbocycles. The van der Waals surface area contributed by atoms with Crippen LogP contribution >= 0.6 is 0 Å². The average Bonchev–Trinajstić information content (AvgIpc) is 3.86. The second kappa shape index (κ2) is 13.8. The Labute approximate surface area is 292 Å². The van der Waals surface area contributed by atoms with Gasteiger partial charge in [-0.3, -0.25) is 0 Å². The van der Waals surface area contributed by atoms with E-state index in [-0.39, 0.29) is 11.1 Å². The van der Waals surface area contributed by atoms with Crippen molar-refractivity contribution in [2.24, 2.45) is 0 Å². The lowest BCUT2D eigenvalue weighted by Gasteiger charge is -2.11. The minimum atomic E-state index is -0.766. The van der Waals surface area contributed by atoms with E-state index in [1.54, 1.807) is 36.7 Å². The van der Waals surface area contributed by atoms with E-state index in [1.807, 2.05) is 133 Å². The molecule has 0 N–H and O–H groups in total. The highest BCUT2D eigenvalue weighted by molar-refractivity contribution is 6.15. The van der Waals surface area contributed by atoms with Crippen molar-refractivity contribution >= 4 is 57.8 Å². The van der Waals surface area contributed by atoms with Crippen molar-refractivity contribution in [1.82, 2.24) is 9.97 Å². The van der Waals surface area contributed by atoms with Crippen LogP contribution in [0.15, 0.2) is 155 Å². The molecule has 0 bridgehead atoms. The standard InChI is InChI=1S/C44H28N2O5/c47-43(39-25-23-37(33-15-7-9-17-35(33)39)41-45-27-31(49-41)21-19-29-11-3-1-4-12-29)51-44(48)40-26-24-38(34-16-8-10-18-36(34)40)42-46-28-32(50-42)22-20-30-13-5-2-6-14-30/h1-28H. The van der Waals surface area contributed by atoms with Crippen LogP contribution in [-0.4, -0.2) is 21.9 Å². The number of rotatable bonds is 8. The van der Waals surface area contributed by atoms with E-state index < -0.39 is 11.9 Å². The maximum Gasteiger partial charge on any atom is 0.346 e. The smallest absolute Gasteiger partial charge is 0.346 e. The first-order chi connectivity index (χ1) is 25.1. The highest BCUT2D eigenvalue weighted by Crippen LogP contribution is 2.34. The predicted octanol–water partition coefficient (Wildman–Crippen LogP) is 10.6. The normalized spacial score (nSPS) is 11.5. The van der Waals surface area contributed by atoms with Gasteiger partial charge in [-0.05, 0) is 69.1 Å². The summed E-state index contributed by atoms with van der Waals surface area (Å²) in [6, 6.07) is 41.3. The molecule has 0 fully saturated rings. The average molecular weight is 665 g/mol. The molecule has 0 amide bonds. The molecule has 0 radical (unpaired) electrons. The highest BCUT2D eigenvalue weighted by Gasteiger charge is 2.22. The van der Waals surface area contributed by atoms with Crippen molar-refractivity contribution < 1.29 is 23.2 Å². The second-order valence-corrected chi connectivity index (χ2v) is 11.7. The molecule has 51 heavy (non-hydrogen) atoms. The van der Waals surface area contributed by atoms with E-state index in [4.69, 9.17) is 13.6 Å². The molecule has 0 saturated heterocycles. The van der Waals surface area contributed by atoms with Crippen LogP contribution in [0.4, 0.5) is 0 Å². The Morgan fingerprint density at radius 2 is 0.843 bits per heavy atom. The number of ether oxygens (including phenoxy) is 1. The zero-order valence-corrected chi connectivity index (χ0v) is 27.1. The van der Waals surface area contributed by atoms with Gasteiger partial charge in [0.1, 0.15) is 11.5 Å². The number of oxazole rings is 2. The zero-order chi connectivity index (χ0) is 34.6. The quantitative estimate of drug-likeness (QED) is 0.118. The number of benzene rings is 6. The van der Waals surface area contributed by atoms with Crippen molar-refractivity contribution in [1.29, 1.82) is 0 Å². The van der Waals surface area contributed by atoms with Crippen LogP contribution in [0.5, 0.6) is 0 Å². The third kappa shape index (κ3) is 6.51. The summed E-state index contributed by atoms with van der Waals surface area (Å²) in [5, 5.41) is 2.68. The lowest BCUT2D eigenvalue weighted by atomic mass is 9.99. The summed E-state index contributed by atoms with van der Waals surface area (Å²) in [5.41, 5.74) is 3.99. The van der Waals surface area contributed by atoms with Gasteiger partial charge < -0.3 is 13.6 Å². The molecule has 8 aromatic rings. The van der Waals surface area contributed by atoms with Gasteiger partial charge >= 0.3 is 11.9 Å². The minimum Gasteiger partial charge on any atom is -0.437 e. The van der Waals surface area contributed by atoms with E-state index in [0.717, 1.165) is 21.9 Å². The zero-order valence-electron chi connectivity index (χ0n) is 27.1. The van der Waals surface area contributed by atoms with E-state index in [0.29, 0.717) is 45.2 Å². The van der Waals surface area contributed by atoms with Gasteiger partial charge in [-0.1, -0.05) is 121 Å². The number of carbonyl (C=O) groups excluding carboxylic acids is 2. The maximum atomic E-state index is 13.6. The predicted molar refractivity (Wildman–Crippen MR) is 199 cm³/mol. The topological polar surface area (TPSA) is 95.4 Å². The van der Waals surface area contributed by atoms with Gasteiger partial charge in [-0.25, -0.2) is 19.6 Å². The lowest BCUT2D eigenvalue weighted by Crippen LogP contribution is -2.14. The van der Waals surface area contributed by atoms with Crippen LogP contribution < -0.4 is 0 Å². The van der Waals surface area contributed by atoms with Crippen molar-refractivity contribution in [2.45, 2.75) is 0 Å². The fourth-order valence-corrected chi connectivity index (χ4v) is 5.98. The molecule has 0 atom stereocenters. The number of aromatic nitrogens is 2. The number of carbonyl (C=O) groups is 2. The number of hydrogen-bond acceptors (Lipinski definition) is 7. The SMILES string of the molecule is O=C(OC(=O)c1ccc(-c2ncc(C=Cc3ccccc3)o2)c2ccccc12)c1ccc(-c2ncc(C=Cc3ccccc3)o2)c2ccccc12. The maximum absolute atomic E-state index is 13.6. The molecule has 0 aliphatic carbocycles. The summed E-state index contributed by atoms with van der Waals surface area (Å²) in [5.74, 6) is 0.468. The van der Waals surface area contributed by atoms with E-state index >= 15 is 0 Å². The van der Waals surface area contributed by atoms with E-state index in [1.165, 1.54) is 0 Å². The largest absolute Gasteiger partial charge is 0.437 e. The molecule has 8 rings (SSSR count). The van der Waals surface area contributed by atoms with Crippen molar-refractivity contribution in [3.63, 3.8) is 0 Å². The number of esters is 2. The summed E-state index contributed by atoms with van der Waals surface area (Å²) in [7, 11) is 0. The number of nitrogens with zero attached hydrogens (tertiary/aromatic N) is 2. The van der Waals surface area contributed by atoms with Crippen LogP contribution in [0.25, 0.3) is 68.8 Å². The molecule has 2 heterocycles. The summed E-state index contributed by atoms with van der Waals surface area (Å²) < 4.78 is 17.6. The van der Waals surface area contributed by atoms with Crippen LogP contribution in [0.2, 0.25) is 0 Å². The molecule has 244 valence electrons. The Hall–Kier alpha value is -7.12.